The Labute approximate surface area is 108 Å². The molecule has 0 aromatic rings. The summed E-state index contributed by atoms with van der Waals surface area (Å²) in [5.74, 6) is 0. The second-order valence-corrected chi connectivity index (χ2v) is 27.1. The third-order valence-corrected chi connectivity index (χ3v) is 15.7. The molecular formula is C13H30OSiSn. The Morgan fingerprint density at radius 1 is 1.19 bits per heavy atom. The molecule has 0 radical (unpaired) electrons. The van der Waals surface area contributed by atoms with Crippen molar-refractivity contribution >= 4 is 26.7 Å². The molecule has 0 aliphatic rings. The average Bonchev–Trinajstić information content (AvgIpc) is 1.99. The molecule has 16 heavy (non-hydrogen) atoms. The van der Waals surface area contributed by atoms with E-state index in [9.17, 15) is 0 Å². The van der Waals surface area contributed by atoms with Gasteiger partial charge in [0.2, 0.25) is 0 Å². The predicted molar refractivity (Wildman–Crippen MR) is 80.3 cm³/mol. The first-order chi connectivity index (χ1) is 6.88. The van der Waals surface area contributed by atoms with E-state index < -0.39 is 26.7 Å². The molecule has 0 aliphatic carbocycles. The van der Waals surface area contributed by atoms with Crippen molar-refractivity contribution in [2.45, 2.75) is 60.6 Å². The van der Waals surface area contributed by atoms with Gasteiger partial charge in [0.25, 0.3) is 0 Å². The molecule has 0 aliphatic heterocycles. The fraction of sp³-hybridized carbons (Fsp3) is 0.846. The number of hydrogen-bond acceptors (Lipinski definition) is 1. The van der Waals surface area contributed by atoms with Gasteiger partial charge in [0.15, 0.2) is 0 Å². The number of allylic oxidation sites excluding steroid dienone is 1. The van der Waals surface area contributed by atoms with Crippen LogP contribution >= 0.6 is 0 Å². The van der Waals surface area contributed by atoms with Crippen LogP contribution in [0.25, 0.3) is 0 Å². The van der Waals surface area contributed by atoms with Gasteiger partial charge in [-0.05, 0) is 0 Å². The zero-order valence-corrected chi connectivity index (χ0v) is 16.5. The first-order valence-electron chi connectivity index (χ1n) is 6.19. The quantitative estimate of drug-likeness (QED) is 0.661. The normalized spacial score (nSPS) is 15.4. The van der Waals surface area contributed by atoms with Gasteiger partial charge in [-0.25, -0.2) is 0 Å². The molecule has 0 N–H and O–H groups in total. The van der Waals surface area contributed by atoms with Crippen molar-refractivity contribution < 1.29 is 4.43 Å². The number of rotatable bonds is 4. The molecule has 96 valence electrons. The summed E-state index contributed by atoms with van der Waals surface area (Å²) >= 11 is -1.81. The van der Waals surface area contributed by atoms with Crippen molar-refractivity contribution in [3.8, 4) is 0 Å². The van der Waals surface area contributed by atoms with Crippen molar-refractivity contribution in [1.82, 2.24) is 0 Å². The molecule has 0 aromatic carbocycles. The minimum absolute atomic E-state index is 0.319. The van der Waals surface area contributed by atoms with Crippen LogP contribution in [0.15, 0.2) is 9.67 Å². The van der Waals surface area contributed by atoms with Gasteiger partial charge in [0.05, 0.1) is 0 Å². The average molecular weight is 349 g/mol. The summed E-state index contributed by atoms with van der Waals surface area (Å²) in [4.78, 5) is 7.35. The molecule has 1 nitrogen and oxygen atoms in total. The summed E-state index contributed by atoms with van der Waals surface area (Å²) in [6.45, 7) is 14.6. The Morgan fingerprint density at radius 3 is 1.94 bits per heavy atom. The Morgan fingerprint density at radius 2 is 1.62 bits per heavy atom. The van der Waals surface area contributed by atoms with Crippen molar-refractivity contribution in [3.63, 3.8) is 0 Å². The van der Waals surface area contributed by atoms with Gasteiger partial charge in [0, 0.05) is 0 Å². The molecule has 0 saturated carbocycles. The molecule has 0 aromatic heterocycles. The van der Waals surface area contributed by atoms with Crippen LogP contribution in [0.3, 0.4) is 0 Å². The van der Waals surface area contributed by atoms with E-state index in [-0.39, 0.29) is 0 Å². The summed E-state index contributed by atoms with van der Waals surface area (Å²) in [6.07, 6.45) is 2.33. The molecule has 0 unspecified atom stereocenters. The van der Waals surface area contributed by atoms with E-state index in [0.29, 0.717) is 5.04 Å². The molecule has 0 amide bonds. The van der Waals surface area contributed by atoms with Crippen LogP contribution in [0.4, 0.5) is 0 Å². The summed E-state index contributed by atoms with van der Waals surface area (Å²) < 4.78 is 7.77. The van der Waals surface area contributed by atoms with Gasteiger partial charge in [-0.1, -0.05) is 0 Å². The zero-order chi connectivity index (χ0) is 13.2. The van der Waals surface area contributed by atoms with Crippen molar-refractivity contribution in [2.24, 2.45) is 0 Å². The molecule has 0 heterocycles. The third kappa shape index (κ3) is 5.36. The van der Waals surface area contributed by atoms with Crippen molar-refractivity contribution in [2.75, 3.05) is 6.61 Å². The summed E-state index contributed by atoms with van der Waals surface area (Å²) in [6, 6.07) is 0. The van der Waals surface area contributed by atoms with Crippen LogP contribution in [-0.4, -0.2) is 33.3 Å². The maximum absolute atomic E-state index is 6.16. The van der Waals surface area contributed by atoms with Gasteiger partial charge in [0.1, 0.15) is 0 Å². The minimum atomic E-state index is -1.81. The molecular weight excluding hydrogens is 319 g/mol. The predicted octanol–water partition coefficient (Wildman–Crippen LogP) is 4.83. The first kappa shape index (κ1) is 16.7. The zero-order valence-electron chi connectivity index (χ0n) is 12.7. The second-order valence-electron chi connectivity index (χ2n) is 7.21. The van der Waals surface area contributed by atoms with Crippen LogP contribution in [-0.2, 0) is 4.43 Å². The van der Waals surface area contributed by atoms with Gasteiger partial charge in [-0.3, -0.25) is 0 Å². The number of hydrogen-bond donors (Lipinski definition) is 0. The standard InChI is InChI=1S/C10H21OSi.3CH3.Sn/c1-7-8-9-11-12(5,6)10(2,3)4;;;;/h8H,9H2,1-6H3;3*1H3;. The van der Waals surface area contributed by atoms with Crippen molar-refractivity contribution in [3.05, 3.63) is 9.67 Å². The molecule has 3 heteroatoms. The van der Waals surface area contributed by atoms with Gasteiger partial charge < -0.3 is 0 Å². The molecule has 0 saturated heterocycles. The van der Waals surface area contributed by atoms with Crippen LogP contribution < -0.4 is 0 Å². The van der Waals surface area contributed by atoms with E-state index in [2.05, 4.69) is 61.7 Å². The summed E-state index contributed by atoms with van der Waals surface area (Å²) in [7, 11) is -1.55. The molecule has 0 bridgehead atoms. The molecule has 0 fully saturated rings. The monoisotopic (exact) mass is 350 g/mol. The van der Waals surface area contributed by atoms with Gasteiger partial charge in [-0.15, -0.1) is 0 Å². The van der Waals surface area contributed by atoms with E-state index in [1.807, 2.05) is 0 Å². The SMILES string of the molecule is C/[C](=C\CO[Si](C)(C)C(C)(C)C)[Sn]([CH3])([CH3])[CH3]. The molecule has 0 rings (SSSR count). The van der Waals surface area contributed by atoms with Crippen LogP contribution in [0.2, 0.25) is 33.0 Å². The fourth-order valence-electron chi connectivity index (χ4n) is 0.898. The second kappa shape index (κ2) is 5.57. The van der Waals surface area contributed by atoms with E-state index in [1.54, 1.807) is 3.59 Å². The molecule has 0 atom stereocenters. The Kier molecular flexibility index (Phi) is 5.82. The maximum atomic E-state index is 6.16. The summed E-state index contributed by atoms with van der Waals surface area (Å²) in [5.41, 5.74) is 0. The van der Waals surface area contributed by atoms with Gasteiger partial charge >= 0.3 is 108 Å². The topological polar surface area (TPSA) is 9.23 Å². The Bertz CT molecular complexity index is 256. The first-order valence-corrected chi connectivity index (χ1v) is 19.1. The Balaban J connectivity index is 4.39. The van der Waals surface area contributed by atoms with Gasteiger partial charge in [-0.2, -0.15) is 0 Å². The Hall–Kier alpha value is 0.716. The van der Waals surface area contributed by atoms with Crippen LogP contribution in [0, 0.1) is 0 Å². The van der Waals surface area contributed by atoms with Crippen LogP contribution in [0.1, 0.15) is 27.7 Å². The van der Waals surface area contributed by atoms with E-state index in [1.165, 1.54) is 0 Å². The molecule has 0 spiro atoms. The van der Waals surface area contributed by atoms with E-state index in [0.717, 1.165) is 6.61 Å². The summed E-state index contributed by atoms with van der Waals surface area (Å²) in [5, 5.41) is 0.319. The third-order valence-electron chi connectivity index (χ3n) is 3.82. The van der Waals surface area contributed by atoms with E-state index in [4.69, 9.17) is 4.43 Å². The fourth-order valence-corrected chi connectivity index (χ4v) is 3.82. The van der Waals surface area contributed by atoms with E-state index >= 15 is 0 Å². The van der Waals surface area contributed by atoms with Crippen LogP contribution in [0.5, 0.6) is 0 Å². The van der Waals surface area contributed by atoms with Crippen molar-refractivity contribution in [1.29, 1.82) is 0 Å².